The van der Waals surface area contributed by atoms with E-state index in [0.29, 0.717) is 6.04 Å². The van der Waals surface area contributed by atoms with Gasteiger partial charge < -0.3 is 0 Å². The highest BCUT2D eigenvalue weighted by Crippen LogP contribution is 2.37. The summed E-state index contributed by atoms with van der Waals surface area (Å²) in [5, 5.41) is 3.02. The first-order chi connectivity index (χ1) is 5.70. The van der Waals surface area contributed by atoms with Crippen LogP contribution in [0.3, 0.4) is 0 Å². The number of hydrogen-bond acceptors (Lipinski definition) is 2. The van der Waals surface area contributed by atoms with Crippen LogP contribution in [0.4, 0.5) is 0 Å². The van der Waals surface area contributed by atoms with Gasteiger partial charge in [0.05, 0.1) is 5.02 Å². The Morgan fingerprint density at radius 2 is 2.42 bits per heavy atom. The Morgan fingerprint density at radius 1 is 1.67 bits per heavy atom. The van der Waals surface area contributed by atoms with E-state index in [9.17, 15) is 0 Å². The summed E-state index contributed by atoms with van der Waals surface area (Å²) in [4.78, 5) is 3.82. The Hall–Kier alpha value is -0.0500. The molecule has 0 radical (unpaired) electrons. The molecule has 1 nitrogen and oxygen atoms in total. The van der Waals surface area contributed by atoms with Gasteiger partial charge in [-0.25, -0.2) is 0 Å². The maximum absolute atomic E-state index is 6.06. The van der Waals surface area contributed by atoms with Crippen molar-refractivity contribution in [2.45, 2.75) is 19.4 Å². The second-order valence-electron chi connectivity index (χ2n) is 3.33. The molecule has 0 saturated heterocycles. The van der Waals surface area contributed by atoms with E-state index >= 15 is 0 Å². The number of halogens is 1. The van der Waals surface area contributed by atoms with Crippen LogP contribution in [0.2, 0.25) is 5.02 Å². The Labute approximate surface area is 82.0 Å². The van der Waals surface area contributed by atoms with Crippen LogP contribution in [0.5, 0.6) is 0 Å². The molecule has 1 aliphatic rings. The SMILES string of the molecule is CC1c2scc(Cl)c2CCN1C. The average Bonchev–Trinajstić information content (AvgIpc) is 2.41. The Bertz CT molecular complexity index is 295. The molecule has 1 aliphatic heterocycles. The van der Waals surface area contributed by atoms with Gasteiger partial charge in [0, 0.05) is 22.8 Å². The first kappa shape index (κ1) is 8.54. The third-order valence-corrected chi connectivity index (χ3v) is 4.29. The molecule has 0 N–H and O–H groups in total. The zero-order chi connectivity index (χ0) is 8.72. The minimum atomic E-state index is 0.547. The molecule has 66 valence electrons. The van der Waals surface area contributed by atoms with Crippen LogP contribution >= 0.6 is 22.9 Å². The first-order valence-electron chi connectivity index (χ1n) is 4.16. The van der Waals surface area contributed by atoms with Crippen molar-refractivity contribution < 1.29 is 0 Å². The van der Waals surface area contributed by atoms with Crippen LogP contribution in [0, 0.1) is 0 Å². The molecule has 3 heteroatoms. The first-order valence-corrected chi connectivity index (χ1v) is 5.42. The predicted octanol–water partition coefficient (Wildman–Crippen LogP) is 2.95. The largest absolute Gasteiger partial charge is 0.298 e. The number of fused-ring (bicyclic) bond motifs is 1. The molecule has 0 amide bonds. The van der Waals surface area contributed by atoms with Crippen molar-refractivity contribution in [1.29, 1.82) is 0 Å². The van der Waals surface area contributed by atoms with Gasteiger partial charge in [-0.05, 0) is 26.0 Å². The highest BCUT2D eigenvalue weighted by molar-refractivity contribution is 7.10. The van der Waals surface area contributed by atoms with Gasteiger partial charge in [-0.15, -0.1) is 11.3 Å². The highest BCUT2D eigenvalue weighted by atomic mass is 35.5. The number of nitrogens with zero attached hydrogens (tertiary/aromatic N) is 1. The number of thiophene rings is 1. The molecule has 1 unspecified atom stereocenters. The van der Waals surface area contributed by atoms with E-state index in [4.69, 9.17) is 11.6 Å². The van der Waals surface area contributed by atoms with Crippen molar-refractivity contribution in [3.63, 3.8) is 0 Å². The summed E-state index contributed by atoms with van der Waals surface area (Å²) in [5.41, 5.74) is 1.38. The molecule has 0 spiro atoms. The van der Waals surface area contributed by atoms with Gasteiger partial charge in [-0.2, -0.15) is 0 Å². The molecule has 0 aromatic carbocycles. The van der Waals surface area contributed by atoms with Gasteiger partial charge in [-0.1, -0.05) is 11.6 Å². The minimum Gasteiger partial charge on any atom is -0.298 e. The molecule has 2 heterocycles. The summed E-state index contributed by atoms with van der Waals surface area (Å²) in [6.45, 7) is 3.37. The van der Waals surface area contributed by atoms with Crippen molar-refractivity contribution in [2.75, 3.05) is 13.6 Å². The highest BCUT2D eigenvalue weighted by Gasteiger charge is 2.23. The summed E-state index contributed by atoms with van der Waals surface area (Å²) in [5.74, 6) is 0. The van der Waals surface area contributed by atoms with Crippen molar-refractivity contribution in [2.24, 2.45) is 0 Å². The normalized spacial score (nSPS) is 24.1. The number of hydrogen-bond donors (Lipinski definition) is 0. The molecule has 1 atom stereocenters. The molecule has 0 aliphatic carbocycles. The quantitative estimate of drug-likeness (QED) is 0.624. The second kappa shape index (κ2) is 3.02. The molecule has 2 rings (SSSR count). The van der Waals surface area contributed by atoms with E-state index in [2.05, 4.69) is 24.3 Å². The van der Waals surface area contributed by atoms with Gasteiger partial charge in [-0.3, -0.25) is 4.90 Å². The summed E-state index contributed by atoms with van der Waals surface area (Å²) in [6, 6.07) is 0.547. The lowest BCUT2D eigenvalue weighted by molar-refractivity contribution is 0.252. The van der Waals surface area contributed by atoms with Crippen LogP contribution in [0.1, 0.15) is 23.4 Å². The molecule has 0 saturated carbocycles. The smallest absolute Gasteiger partial charge is 0.0548 e. The Kier molecular flexibility index (Phi) is 2.15. The van der Waals surface area contributed by atoms with Crippen molar-refractivity contribution >= 4 is 22.9 Å². The summed E-state index contributed by atoms with van der Waals surface area (Å²) in [6.07, 6.45) is 1.11. The second-order valence-corrected chi connectivity index (χ2v) is 4.65. The molecule has 0 bridgehead atoms. The van der Waals surface area contributed by atoms with Gasteiger partial charge >= 0.3 is 0 Å². The monoisotopic (exact) mass is 201 g/mol. The van der Waals surface area contributed by atoms with Crippen LogP contribution in [0.15, 0.2) is 5.38 Å². The van der Waals surface area contributed by atoms with E-state index in [1.807, 2.05) is 0 Å². The van der Waals surface area contributed by atoms with Crippen molar-refractivity contribution in [3.8, 4) is 0 Å². The standard InChI is InChI=1S/C9H12ClNS/c1-6-9-7(3-4-11(6)2)8(10)5-12-9/h5-6H,3-4H2,1-2H3. The topological polar surface area (TPSA) is 3.24 Å². The lowest BCUT2D eigenvalue weighted by Gasteiger charge is -2.29. The maximum Gasteiger partial charge on any atom is 0.0548 e. The van der Waals surface area contributed by atoms with Crippen LogP contribution in [-0.4, -0.2) is 18.5 Å². The van der Waals surface area contributed by atoms with Crippen LogP contribution < -0.4 is 0 Å². The van der Waals surface area contributed by atoms with E-state index < -0.39 is 0 Å². The molecular formula is C9H12ClNS. The number of likely N-dealkylation sites (N-methyl/N-ethyl adjacent to an activating group) is 1. The average molecular weight is 202 g/mol. The van der Waals surface area contributed by atoms with Crippen LogP contribution in [-0.2, 0) is 6.42 Å². The van der Waals surface area contributed by atoms with E-state index in [1.54, 1.807) is 11.3 Å². The Morgan fingerprint density at radius 3 is 3.17 bits per heavy atom. The third-order valence-electron chi connectivity index (χ3n) is 2.63. The summed E-state index contributed by atoms with van der Waals surface area (Å²) in [7, 11) is 2.17. The fourth-order valence-electron chi connectivity index (χ4n) is 1.65. The van der Waals surface area contributed by atoms with Crippen molar-refractivity contribution in [3.05, 3.63) is 20.8 Å². The van der Waals surface area contributed by atoms with Crippen LogP contribution in [0.25, 0.3) is 0 Å². The summed E-state index contributed by atoms with van der Waals surface area (Å²) < 4.78 is 0. The number of rotatable bonds is 0. The van der Waals surface area contributed by atoms with Gasteiger partial charge in [0.25, 0.3) is 0 Å². The molecule has 0 fully saturated rings. The third kappa shape index (κ3) is 1.18. The van der Waals surface area contributed by atoms with E-state index in [0.717, 1.165) is 18.0 Å². The summed E-state index contributed by atoms with van der Waals surface area (Å²) >= 11 is 7.85. The Balaban J connectivity index is 2.43. The fraction of sp³-hybridized carbons (Fsp3) is 0.556. The van der Waals surface area contributed by atoms with Gasteiger partial charge in [0.1, 0.15) is 0 Å². The fourth-order valence-corrected chi connectivity index (χ4v) is 3.14. The molecule has 12 heavy (non-hydrogen) atoms. The van der Waals surface area contributed by atoms with E-state index in [1.165, 1.54) is 10.4 Å². The lowest BCUT2D eigenvalue weighted by Crippen LogP contribution is -2.29. The van der Waals surface area contributed by atoms with Gasteiger partial charge in [0.2, 0.25) is 0 Å². The van der Waals surface area contributed by atoms with E-state index in [-0.39, 0.29) is 0 Å². The maximum atomic E-state index is 6.06. The molecule has 1 aromatic rings. The molecular weight excluding hydrogens is 190 g/mol. The van der Waals surface area contributed by atoms with Gasteiger partial charge in [0.15, 0.2) is 0 Å². The zero-order valence-corrected chi connectivity index (χ0v) is 8.87. The predicted molar refractivity (Wildman–Crippen MR) is 54.1 cm³/mol. The lowest BCUT2D eigenvalue weighted by atomic mass is 10.0. The zero-order valence-electron chi connectivity index (χ0n) is 7.30. The van der Waals surface area contributed by atoms with Crippen molar-refractivity contribution in [1.82, 2.24) is 4.90 Å². The minimum absolute atomic E-state index is 0.547. The molecule has 1 aromatic heterocycles.